The first-order chi connectivity index (χ1) is 8.55. The van der Waals surface area contributed by atoms with Gasteiger partial charge in [0.2, 0.25) is 5.13 Å². The summed E-state index contributed by atoms with van der Waals surface area (Å²) in [4.78, 5) is 0. The Balaban J connectivity index is 2.55. The second-order valence-corrected chi connectivity index (χ2v) is 6.38. The second kappa shape index (κ2) is 7.04. The van der Waals surface area contributed by atoms with Gasteiger partial charge in [-0.3, -0.25) is 0 Å². The maximum Gasteiger partial charge on any atom is 0.205 e. The van der Waals surface area contributed by atoms with Crippen molar-refractivity contribution in [2.24, 2.45) is 11.3 Å². The molecule has 0 saturated carbocycles. The SMILES string of the molecule is CCC(CC)(CO)CNc1nnc(CC(C)C)s1. The zero-order valence-corrected chi connectivity index (χ0v) is 12.7. The Morgan fingerprint density at radius 3 is 2.44 bits per heavy atom. The molecule has 0 bridgehead atoms. The third-order valence-electron chi connectivity index (χ3n) is 3.50. The van der Waals surface area contributed by atoms with Crippen LogP contribution in [0.2, 0.25) is 0 Å². The highest BCUT2D eigenvalue weighted by Gasteiger charge is 2.25. The van der Waals surface area contributed by atoms with Crippen LogP contribution in [0, 0.1) is 11.3 Å². The number of aromatic nitrogens is 2. The Labute approximate surface area is 114 Å². The molecule has 0 radical (unpaired) electrons. The fourth-order valence-electron chi connectivity index (χ4n) is 1.80. The molecule has 0 fully saturated rings. The standard InChI is InChI=1S/C13H25N3OS/c1-5-13(6-2,9-17)8-14-12-16-15-11(18-12)7-10(3)4/h10,17H,5-9H2,1-4H3,(H,14,16). The first kappa shape index (κ1) is 15.4. The van der Waals surface area contributed by atoms with Crippen molar-refractivity contribution in [1.82, 2.24) is 10.2 Å². The average molecular weight is 271 g/mol. The van der Waals surface area contributed by atoms with E-state index in [-0.39, 0.29) is 12.0 Å². The highest BCUT2D eigenvalue weighted by molar-refractivity contribution is 7.15. The quantitative estimate of drug-likeness (QED) is 0.763. The molecule has 0 aromatic carbocycles. The summed E-state index contributed by atoms with van der Waals surface area (Å²) in [6.07, 6.45) is 2.90. The van der Waals surface area contributed by atoms with Crippen LogP contribution >= 0.6 is 11.3 Å². The van der Waals surface area contributed by atoms with Gasteiger partial charge in [0.1, 0.15) is 5.01 Å². The molecule has 0 saturated heterocycles. The van der Waals surface area contributed by atoms with E-state index in [0.29, 0.717) is 5.92 Å². The van der Waals surface area contributed by atoms with E-state index in [2.05, 4.69) is 43.2 Å². The number of aliphatic hydroxyl groups excluding tert-OH is 1. The van der Waals surface area contributed by atoms with Gasteiger partial charge in [-0.05, 0) is 18.8 Å². The molecule has 18 heavy (non-hydrogen) atoms. The molecule has 0 atom stereocenters. The van der Waals surface area contributed by atoms with Crippen LogP contribution in [0.5, 0.6) is 0 Å². The molecule has 1 heterocycles. The van der Waals surface area contributed by atoms with Crippen LogP contribution in [-0.4, -0.2) is 28.5 Å². The van der Waals surface area contributed by atoms with E-state index in [9.17, 15) is 5.11 Å². The van der Waals surface area contributed by atoms with Crippen LogP contribution in [0.3, 0.4) is 0 Å². The lowest BCUT2D eigenvalue weighted by atomic mass is 9.83. The predicted octanol–water partition coefficient (Wildman–Crippen LogP) is 2.95. The van der Waals surface area contributed by atoms with Crippen molar-refractivity contribution in [2.45, 2.75) is 47.0 Å². The van der Waals surface area contributed by atoms with E-state index in [1.54, 1.807) is 11.3 Å². The van der Waals surface area contributed by atoms with Gasteiger partial charge >= 0.3 is 0 Å². The summed E-state index contributed by atoms with van der Waals surface area (Å²) >= 11 is 1.62. The molecule has 0 spiro atoms. The van der Waals surface area contributed by atoms with E-state index in [1.807, 2.05) is 0 Å². The molecule has 5 heteroatoms. The van der Waals surface area contributed by atoms with Crippen LogP contribution in [-0.2, 0) is 6.42 Å². The Hall–Kier alpha value is -0.680. The number of hydrogen-bond acceptors (Lipinski definition) is 5. The predicted molar refractivity (Wildman–Crippen MR) is 77.0 cm³/mol. The molecule has 1 rings (SSSR count). The van der Waals surface area contributed by atoms with Gasteiger partial charge in [-0.25, -0.2) is 0 Å². The molecule has 1 aromatic heterocycles. The van der Waals surface area contributed by atoms with Crippen molar-refractivity contribution in [2.75, 3.05) is 18.5 Å². The molecule has 0 aliphatic carbocycles. The number of nitrogens with zero attached hydrogens (tertiary/aromatic N) is 2. The molecule has 0 aliphatic rings. The van der Waals surface area contributed by atoms with E-state index < -0.39 is 0 Å². The minimum Gasteiger partial charge on any atom is -0.396 e. The Kier molecular flexibility index (Phi) is 6.02. The van der Waals surface area contributed by atoms with E-state index in [1.165, 1.54) is 0 Å². The first-order valence-electron chi connectivity index (χ1n) is 6.72. The highest BCUT2D eigenvalue weighted by Crippen LogP contribution is 2.27. The van der Waals surface area contributed by atoms with Crippen molar-refractivity contribution >= 4 is 16.5 Å². The van der Waals surface area contributed by atoms with Crippen molar-refractivity contribution in [3.05, 3.63) is 5.01 Å². The third kappa shape index (κ3) is 4.21. The molecule has 2 N–H and O–H groups in total. The number of hydrogen-bond donors (Lipinski definition) is 2. The molecule has 1 aromatic rings. The fraction of sp³-hybridized carbons (Fsp3) is 0.846. The number of anilines is 1. The Morgan fingerprint density at radius 2 is 1.94 bits per heavy atom. The molecule has 0 unspecified atom stereocenters. The van der Waals surface area contributed by atoms with Crippen LogP contribution in [0.25, 0.3) is 0 Å². The van der Waals surface area contributed by atoms with Gasteiger partial charge in [0.15, 0.2) is 0 Å². The largest absolute Gasteiger partial charge is 0.396 e. The van der Waals surface area contributed by atoms with Crippen molar-refractivity contribution < 1.29 is 5.11 Å². The summed E-state index contributed by atoms with van der Waals surface area (Å²) in [5, 5.41) is 23.1. The minimum atomic E-state index is -0.0378. The summed E-state index contributed by atoms with van der Waals surface area (Å²) in [6, 6.07) is 0. The summed E-state index contributed by atoms with van der Waals surface area (Å²) in [7, 11) is 0. The molecule has 0 aliphatic heterocycles. The van der Waals surface area contributed by atoms with Gasteiger partial charge in [0.05, 0.1) is 6.61 Å². The molecular formula is C13H25N3OS. The molecule has 104 valence electrons. The monoisotopic (exact) mass is 271 g/mol. The van der Waals surface area contributed by atoms with Gasteiger partial charge in [-0.2, -0.15) is 0 Å². The lowest BCUT2D eigenvalue weighted by Crippen LogP contribution is -2.32. The van der Waals surface area contributed by atoms with Crippen LogP contribution in [0.1, 0.15) is 45.5 Å². The lowest BCUT2D eigenvalue weighted by molar-refractivity contribution is 0.127. The second-order valence-electron chi connectivity index (χ2n) is 5.32. The number of rotatable bonds is 8. The lowest BCUT2D eigenvalue weighted by Gasteiger charge is -2.29. The van der Waals surface area contributed by atoms with Crippen LogP contribution < -0.4 is 5.32 Å². The van der Waals surface area contributed by atoms with Crippen molar-refractivity contribution in [3.8, 4) is 0 Å². The Morgan fingerprint density at radius 1 is 1.28 bits per heavy atom. The van der Waals surface area contributed by atoms with E-state index >= 15 is 0 Å². The summed E-state index contributed by atoms with van der Waals surface area (Å²) in [5.41, 5.74) is -0.0378. The van der Waals surface area contributed by atoms with Gasteiger partial charge in [-0.15, -0.1) is 10.2 Å². The maximum absolute atomic E-state index is 9.51. The topological polar surface area (TPSA) is 58.0 Å². The van der Waals surface area contributed by atoms with Gasteiger partial charge in [0, 0.05) is 18.4 Å². The number of aliphatic hydroxyl groups is 1. The van der Waals surface area contributed by atoms with Gasteiger partial charge < -0.3 is 10.4 Å². The van der Waals surface area contributed by atoms with Crippen LogP contribution in [0.15, 0.2) is 0 Å². The first-order valence-corrected chi connectivity index (χ1v) is 7.54. The molecule has 0 amide bonds. The summed E-state index contributed by atoms with van der Waals surface area (Å²) < 4.78 is 0. The van der Waals surface area contributed by atoms with Gasteiger partial charge in [0.25, 0.3) is 0 Å². The van der Waals surface area contributed by atoms with Gasteiger partial charge in [-0.1, -0.05) is 39.0 Å². The zero-order valence-electron chi connectivity index (χ0n) is 11.9. The minimum absolute atomic E-state index is 0.0378. The number of nitrogens with one attached hydrogen (secondary N) is 1. The third-order valence-corrected chi connectivity index (χ3v) is 4.40. The zero-order chi connectivity index (χ0) is 13.6. The van der Waals surface area contributed by atoms with E-state index in [0.717, 1.165) is 35.9 Å². The van der Waals surface area contributed by atoms with Crippen molar-refractivity contribution in [1.29, 1.82) is 0 Å². The smallest absolute Gasteiger partial charge is 0.205 e. The highest BCUT2D eigenvalue weighted by atomic mass is 32.1. The maximum atomic E-state index is 9.51. The van der Waals surface area contributed by atoms with E-state index in [4.69, 9.17) is 0 Å². The summed E-state index contributed by atoms with van der Waals surface area (Å²) in [5.74, 6) is 0.605. The molecular weight excluding hydrogens is 246 g/mol. The van der Waals surface area contributed by atoms with Crippen LogP contribution in [0.4, 0.5) is 5.13 Å². The molecule has 4 nitrogen and oxygen atoms in total. The Bertz CT molecular complexity index is 339. The normalized spacial score (nSPS) is 12.1. The summed E-state index contributed by atoms with van der Waals surface area (Å²) in [6.45, 7) is 9.56. The van der Waals surface area contributed by atoms with Crippen molar-refractivity contribution in [3.63, 3.8) is 0 Å². The fourth-order valence-corrected chi connectivity index (χ4v) is 2.75. The average Bonchev–Trinajstić information content (AvgIpc) is 2.78.